The van der Waals surface area contributed by atoms with E-state index in [0.29, 0.717) is 22.8 Å². The number of anilines is 2. The minimum atomic E-state index is -2.72. The van der Waals surface area contributed by atoms with Crippen molar-refractivity contribution in [3.05, 3.63) is 47.7 Å². The molecule has 2 aromatic rings. The molecular formula is C18H20ClN5OS. The Balaban J connectivity index is 2.30. The fourth-order valence-electron chi connectivity index (χ4n) is 2.47. The van der Waals surface area contributed by atoms with Crippen LogP contribution in [0.25, 0.3) is 0 Å². The molecule has 0 spiro atoms. The molecule has 0 aliphatic heterocycles. The van der Waals surface area contributed by atoms with Crippen molar-refractivity contribution in [3.63, 3.8) is 0 Å². The zero-order chi connectivity index (χ0) is 19.3. The van der Waals surface area contributed by atoms with Gasteiger partial charge in [0.25, 0.3) is 0 Å². The van der Waals surface area contributed by atoms with Gasteiger partial charge < -0.3 is 10.2 Å². The predicted octanol–water partition coefficient (Wildman–Crippen LogP) is 3.36. The van der Waals surface area contributed by atoms with Crippen LogP contribution in [0.4, 0.5) is 11.5 Å². The molecule has 0 aliphatic rings. The van der Waals surface area contributed by atoms with Gasteiger partial charge in [0.1, 0.15) is 11.0 Å². The average Bonchev–Trinajstić information content (AvgIpc) is 2.59. The molecule has 1 unspecified atom stereocenters. The smallest absolute Gasteiger partial charge is 0.139 e. The second-order valence-electron chi connectivity index (χ2n) is 5.77. The van der Waals surface area contributed by atoms with E-state index in [9.17, 15) is 4.21 Å². The molecule has 6 nitrogen and oxygen atoms in total. The molecule has 0 amide bonds. The van der Waals surface area contributed by atoms with Crippen molar-refractivity contribution in [2.45, 2.75) is 11.4 Å². The van der Waals surface area contributed by atoms with E-state index < -0.39 is 9.73 Å². The molecule has 26 heavy (non-hydrogen) atoms. The number of aromatic nitrogens is 1. The first-order valence-corrected chi connectivity index (χ1v) is 10.0. The average molecular weight is 390 g/mol. The van der Waals surface area contributed by atoms with E-state index in [4.69, 9.17) is 28.2 Å². The Hall–Kier alpha value is -2.56. The van der Waals surface area contributed by atoms with Crippen LogP contribution in [-0.4, -0.2) is 34.2 Å². The molecule has 0 fully saturated rings. The van der Waals surface area contributed by atoms with Crippen molar-refractivity contribution in [2.75, 3.05) is 30.1 Å². The molecule has 3 N–H and O–H groups in total. The fourth-order valence-corrected chi connectivity index (χ4v) is 3.31. The first-order valence-electron chi connectivity index (χ1n) is 7.68. The maximum absolute atomic E-state index is 11.8. The molecule has 2 rings (SSSR count). The van der Waals surface area contributed by atoms with E-state index in [1.54, 1.807) is 24.4 Å². The highest BCUT2D eigenvalue weighted by Gasteiger charge is 2.16. The van der Waals surface area contributed by atoms with Crippen molar-refractivity contribution in [3.8, 4) is 12.3 Å². The maximum Gasteiger partial charge on any atom is 0.139 e. The Morgan fingerprint density at radius 1 is 1.38 bits per heavy atom. The zero-order valence-corrected chi connectivity index (χ0v) is 16.1. The molecule has 0 bridgehead atoms. The van der Waals surface area contributed by atoms with Gasteiger partial charge in [-0.1, -0.05) is 29.7 Å². The van der Waals surface area contributed by atoms with Crippen molar-refractivity contribution >= 4 is 38.0 Å². The standard InChI is InChI=1S/C18H20ClN5OS/c1-4-10-22-18-16(17(19)20)15(9-11-23-18)24(2)12-13-5-7-14(8-6-13)26(3,21)25/h1,5-9,11,20-21H,10,12H2,2-3H3,(H,22,23). The molecule has 1 aromatic heterocycles. The number of hydrogen-bond acceptors (Lipinski definition) is 6. The van der Waals surface area contributed by atoms with Gasteiger partial charge in [0, 0.05) is 30.9 Å². The fraction of sp³-hybridized carbons (Fsp3) is 0.222. The van der Waals surface area contributed by atoms with Gasteiger partial charge in [0.05, 0.1) is 27.5 Å². The Labute approximate surface area is 159 Å². The first kappa shape index (κ1) is 19.8. The summed E-state index contributed by atoms with van der Waals surface area (Å²) < 4.78 is 19.4. The van der Waals surface area contributed by atoms with E-state index in [1.165, 1.54) is 6.26 Å². The number of benzene rings is 1. The van der Waals surface area contributed by atoms with E-state index in [1.807, 2.05) is 24.1 Å². The zero-order valence-electron chi connectivity index (χ0n) is 14.5. The Kier molecular flexibility index (Phi) is 6.24. The van der Waals surface area contributed by atoms with Crippen LogP contribution in [0.3, 0.4) is 0 Å². The number of rotatable bonds is 7. The van der Waals surface area contributed by atoms with Crippen molar-refractivity contribution in [1.82, 2.24) is 4.98 Å². The van der Waals surface area contributed by atoms with Crippen molar-refractivity contribution in [1.29, 1.82) is 10.2 Å². The molecule has 0 aliphatic carbocycles. The lowest BCUT2D eigenvalue weighted by Gasteiger charge is -2.23. The number of nitrogens with one attached hydrogen (secondary N) is 3. The summed E-state index contributed by atoms with van der Waals surface area (Å²) in [5.41, 5.74) is 2.19. The SMILES string of the molecule is C#CCNc1nccc(N(C)Cc2ccc(S(C)(=N)=O)cc2)c1C(=N)Cl. The van der Waals surface area contributed by atoms with Gasteiger partial charge >= 0.3 is 0 Å². The van der Waals surface area contributed by atoms with E-state index >= 15 is 0 Å². The number of halogens is 1. The summed E-state index contributed by atoms with van der Waals surface area (Å²) in [6, 6.07) is 8.87. The number of pyridine rings is 1. The molecule has 0 radical (unpaired) electrons. The van der Waals surface area contributed by atoms with Gasteiger partial charge in [0.15, 0.2) is 0 Å². The third-order valence-electron chi connectivity index (χ3n) is 3.71. The molecule has 1 aromatic carbocycles. The lowest BCUT2D eigenvalue weighted by Crippen LogP contribution is -2.20. The van der Waals surface area contributed by atoms with Crippen LogP contribution in [0, 0.1) is 22.5 Å². The Morgan fingerprint density at radius 2 is 2.04 bits per heavy atom. The normalized spacial score (nSPS) is 12.7. The number of hydrogen-bond donors (Lipinski definition) is 3. The van der Waals surface area contributed by atoms with Crippen LogP contribution in [-0.2, 0) is 16.3 Å². The third-order valence-corrected chi connectivity index (χ3v) is 5.07. The van der Waals surface area contributed by atoms with Crippen LogP contribution in [0.5, 0.6) is 0 Å². The Bertz CT molecular complexity index is 949. The summed E-state index contributed by atoms with van der Waals surface area (Å²) >= 11 is 5.98. The second-order valence-corrected chi connectivity index (χ2v) is 8.31. The van der Waals surface area contributed by atoms with Crippen LogP contribution in [0.1, 0.15) is 11.1 Å². The summed E-state index contributed by atoms with van der Waals surface area (Å²) in [5.74, 6) is 2.93. The molecule has 0 saturated carbocycles. The Morgan fingerprint density at radius 3 is 2.58 bits per heavy atom. The number of nitrogens with zero attached hydrogens (tertiary/aromatic N) is 2. The monoisotopic (exact) mass is 389 g/mol. The molecule has 1 heterocycles. The summed E-state index contributed by atoms with van der Waals surface area (Å²) in [6.07, 6.45) is 8.30. The van der Waals surface area contributed by atoms with Gasteiger partial charge in [-0.2, -0.15) is 0 Å². The quantitative estimate of drug-likeness (QED) is 0.500. The van der Waals surface area contributed by atoms with E-state index in [0.717, 1.165) is 11.3 Å². The summed E-state index contributed by atoms with van der Waals surface area (Å²) in [5, 5.41) is 10.7. The predicted molar refractivity (Wildman–Crippen MR) is 108 cm³/mol. The summed E-state index contributed by atoms with van der Waals surface area (Å²) in [6.45, 7) is 0.821. The van der Waals surface area contributed by atoms with E-state index in [-0.39, 0.29) is 11.7 Å². The molecular weight excluding hydrogens is 370 g/mol. The molecule has 1 atom stereocenters. The third kappa shape index (κ3) is 4.75. The minimum Gasteiger partial charge on any atom is -0.370 e. The highest BCUT2D eigenvalue weighted by atomic mass is 35.5. The largest absolute Gasteiger partial charge is 0.370 e. The topological polar surface area (TPSA) is 92.9 Å². The van der Waals surface area contributed by atoms with Crippen LogP contribution in [0.2, 0.25) is 0 Å². The maximum atomic E-state index is 11.8. The second kappa shape index (κ2) is 8.21. The lowest BCUT2D eigenvalue weighted by molar-refractivity contribution is 0.679. The van der Waals surface area contributed by atoms with Crippen LogP contribution >= 0.6 is 11.6 Å². The van der Waals surface area contributed by atoms with E-state index in [2.05, 4.69) is 16.2 Å². The molecule has 8 heteroatoms. The first-order chi connectivity index (χ1) is 12.2. The van der Waals surface area contributed by atoms with Crippen molar-refractivity contribution in [2.24, 2.45) is 0 Å². The van der Waals surface area contributed by atoms with Crippen LogP contribution in [0.15, 0.2) is 41.4 Å². The molecule has 136 valence electrons. The highest BCUT2D eigenvalue weighted by Crippen LogP contribution is 2.28. The minimum absolute atomic E-state index is 0.130. The number of terminal acetylenes is 1. The van der Waals surface area contributed by atoms with Gasteiger partial charge in [-0.05, 0) is 23.8 Å². The molecule has 0 saturated heterocycles. The van der Waals surface area contributed by atoms with Crippen LogP contribution < -0.4 is 10.2 Å². The van der Waals surface area contributed by atoms with Crippen molar-refractivity contribution < 1.29 is 4.21 Å². The van der Waals surface area contributed by atoms with Gasteiger partial charge in [-0.25, -0.2) is 14.0 Å². The van der Waals surface area contributed by atoms with Gasteiger partial charge in [0.2, 0.25) is 0 Å². The lowest BCUT2D eigenvalue weighted by atomic mass is 10.1. The van der Waals surface area contributed by atoms with Gasteiger partial charge in [-0.15, -0.1) is 6.42 Å². The summed E-state index contributed by atoms with van der Waals surface area (Å²) in [4.78, 5) is 6.65. The summed E-state index contributed by atoms with van der Waals surface area (Å²) in [7, 11) is -0.845. The highest BCUT2D eigenvalue weighted by molar-refractivity contribution is 7.91. The van der Waals surface area contributed by atoms with Gasteiger partial charge in [-0.3, -0.25) is 5.41 Å².